The molecule has 0 aliphatic rings. The molecule has 1 N–H and O–H groups in total. The summed E-state index contributed by atoms with van der Waals surface area (Å²) in [7, 11) is 0. The standard InChI is InChI=1S/C18H20N2O/c1-13(2)18-19-9-10-20(18)12-17(21)16-8-7-14-5-3-4-6-15(14)11-16/h3-11,13,17,21H,12H2,1-2H3. The molecule has 0 amide bonds. The normalized spacial score (nSPS) is 13.0. The van der Waals surface area contributed by atoms with Gasteiger partial charge in [0.1, 0.15) is 5.82 Å². The molecule has 21 heavy (non-hydrogen) atoms. The molecule has 1 heterocycles. The first-order valence-corrected chi connectivity index (χ1v) is 7.33. The van der Waals surface area contributed by atoms with Crippen molar-refractivity contribution in [3.8, 4) is 0 Å². The molecule has 0 aliphatic heterocycles. The van der Waals surface area contributed by atoms with Crippen molar-refractivity contribution in [3.05, 3.63) is 66.2 Å². The van der Waals surface area contributed by atoms with Crippen LogP contribution in [0.3, 0.4) is 0 Å². The van der Waals surface area contributed by atoms with Crippen LogP contribution >= 0.6 is 0 Å². The number of imidazole rings is 1. The second-order valence-electron chi connectivity index (χ2n) is 5.71. The number of hydrogen-bond acceptors (Lipinski definition) is 2. The van der Waals surface area contributed by atoms with E-state index in [4.69, 9.17) is 0 Å². The highest BCUT2D eigenvalue weighted by molar-refractivity contribution is 5.83. The molecule has 108 valence electrons. The fraction of sp³-hybridized carbons (Fsp3) is 0.278. The third kappa shape index (κ3) is 2.83. The van der Waals surface area contributed by atoms with Gasteiger partial charge in [0.25, 0.3) is 0 Å². The predicted octanol–water partition coefficient (Wildman–Crippen LogP) is 3.89. The quantitative estimate of drug-likeness (QED) is 0.787. The molecule has 0 saturated heterocycles. The van der Waals surface area contributed by atoms with Crippen LogP contribution in [0.4, 0.5) is 0 Å². The minimum atomic E-state index is -0.527. The number of aliphatic hydroxyl groups excluding tert-OH is 1. The van der Waals surface area contributed by atoms with Crippen molar-refractivity contribution < 1.29 is 5.11 Å². The molecule has 0 radical (unpaired) electrons. The summed E-state index contributed by atoms with van der Waals surface area (Å²) >= 11 is 0. The van der Waals surface area contributed by atoms with Gasteiger partial charge in [-0.15, -0.1) is 0 Å². The van der Waals surface area contributed by atoms with E-state index in [9.17, 15) is 5.11 Å². The molecule has 1 unspecified atom stereocenters. The third-order valence-electron chi connectivity index (χ3n) is 3.79. The Kier molecular flexibility index (Phi) is 3.76. The Bertz CT molecular complexity index is 746. The van der Waals surface area contributed by atoms with Crippen molar-refractivity contribution in [1.82, 2.24) is 9.55 Å². The summed E-state index contributed by atoms with van der Waals surface area (Å²) in [5.41, 5.74) is 0.942. The third-order valence-corrected chi connectivity index (χ3v) is 3.79. The lowest BCUT2D eigenvalue weighted by molar-refractivity contribution is 0.155. The smallest absolute Gasteiger partial charge is 0.111 e. The van der Waals surface area contributed by atoms with Crippen LogP contribution in [-0.2, 0) is 6.54 Å². The van der Waals surface area contributed by atoms with Gasteiger partial charge in [-0.1, -0.05) is 50.2 Å². The average molecular weight is 280 g/mol. The SMILES string of the molecule is CC(C)c1nccn1CC(O)c1ccc2ccccc2c1. The molecule has 3 rings (SSSR count). The highest BCUT2D eigenvalue weighted by atomic mass is 16.3. The molecule has 0 fully saturated rings. The van der Waals surface area contributed by atoms with Gasteiger partial charge in [-0.2, -0.15) is 0 Å². The number of rotatable bonds is 4. The maximum atomic E-state index is 10.5. The minimum Gasteiger partial charge on any atom is -0.387 e. The summed E-state index contributed by atoms with van der Waals surface area (Å²) in [6.07, 6.45) is 3.20. The highest BCUT2D eigenvalue weighted by Crippen LogP contribution is 2.23. The largest absolute Gasteiger partial charge is 0.387 e. The molecular weight excluding hydrogens is 260 g/mol. The zero-order valence-corrected chi connectivity index (χ0v) is 12.4. The lowest BCUT2D eigenvalue weighted by Crippen LogP contribution is -2.11. The van der Waals surface area contributed by atoms with Gasteiger partial charge in [-0.3, -0.25) is 0 Å². The van der Waals surface area contributed by atoms with E-state index >= 15 is 0 Å². The van der Waals surface area contributed by atoms with Crippen LogP contribution in [0.2, 0.25) is 0 Å². The van der Waals surface area contributed by atoms with E-state index in [1.165, 1.54) is 5.39 Å². The van der Waals surface area contributed by atoms with Crippen LogP contribution < -0.4 is 0 Å². The summed E-state index contributed by atoms with van der Waals surface area (Å²) in [4.78, 5) is 4.36. The molecule has 1 atom stereocenters. The van der Waals surface area contributed by atoms with Gasteiger partial charge in [0.05, 0.1) is 12.6 Å². The van der Waals surface area contributed by atoms with Crippen LogP contribution in [0.25, 0.3) is 10.8 Å². The molecule has 3 nitrogen and oxygen atoms in total. The monoisotopic (exact) mass is 280 g/mol. The van der Waals surface area contributed by atoms with Crippen molar-refractivity contribution in [2.24, 2.45) is 0 Å². The Morgan fingerprint density at radius 3 is 2.62 bits per heavy atom. The van der Waals surface area contributed by atoms with Gasteiger partial charge in [0.2, 0.25) is 0 Å². The fourth-order valence-electron chi connectivity index (χ4n) is 2.68. The van der Waals surface area contributed by atoms with Crippen molar-refractivity contribution in [2.45, 2.75) is 32.4 Å². The van der Waals surface area contributed by atoms with E-state index in [0.717, 1.165) is 16.8 Å². The van der Waals surface area contributed by atoms with Crippen LogP contribution in [-0.4, -0.2) is 14.7 Å². The average Bonchev–Trinajstić information content (AvgIpc) is 2.95. The Morgan fingerprint density at radius 2 is 1.86 bits per heavy atom. The number of nitrogens with zero attached hydrogens (tertiary/aromatic N) is 2. The number of aliphatic hydroxyl groups is 1. The van der Waals surface area contributed by atoms with E-state index < -0.39 is 6.10 Å². The highest BCUT2D eigenvalue weighted by Gasteiger charge is 2.13. The van der Waals surface area contributed by atoms with Crippen LogP contribution in [0.5, 0.6) is 0 Å². The molecule has 3 aromatic rings. The van der Waals surface area contributed by atoms with Crippen molar-refractivity contribution >= 4 is 10.8 Å². The van der Waals surface area contributed by atoms with Gasteiger partial charge in [-0.05, 0) is 22.4 Å². The summed E-state index contributed by atoms with van der Waals surface area (Å²) in [6, 6.07) is 14.3. The van der Waals surface area contributed by atoms with Crippen LogP contribution in [0.1, 0.15) is 37.3 Å². The van der Waals surface area contributed by atoms with E-state index in [2.05, 4.69) is 43.1 Å². The summed E-state index contributed by atoms with van der Waals surface area (Å²) in [6.45, 7) is 4.76. The number of aromatic nitrogens is 2. The predicted molar refractivity (Wildman–Crippen MR) is 85.2 cm³/mol. The molecule has 3 heteroatoms. The second-order valence-corrected chi connectivity index (χ2v) is 5.71. The van der Waals surface area contributed by atoms with Crippen molar-refractivity contribution in [3.63, 3.8) is 0 Å². The molecule has 0 spiro atoms. The van der Waals surface area contributed by atoms with E-state index in [-0.39, 0.29) is 0 Å². The van der Waals surface area contributed by atoms with Crippen LogP contribution in [0, 0.1) is 0 Å². The molecule has 2 aromatic carbocycles. The zero-order valence-electron chi connectivity index (χ0n) is 12.4. The Morgan fingerprint density at radius 1 is 1.10 bits per heavy atom. The molecular formula is C18H20N2O. The molecule has 0 aliphatic carbocycles. The first-order valence-electron chi connectivity index (χ1n) is 7.33. The molecule has 0 saturated carbocycles. The first-order chi connectivity index (χ1) is 10.1. The topological polar surface area (TPSA) is 38.0 Å². The van der Waals surface area contributed by atoms with Crippen molar-refractivity contribution in [2.75, 3.05) is 0 Å². The number of hydrogen-bond donors (Lipinski definition) is 1. The summed E-state index contributed by atoms with van der Waals surface area (Å²) in [5.74, 6) is 1.36. The fourth-order valence-corrected chi connectivity index (χ4v) is 2.68. The first kappa shape index (κ1) is 13.8. The Balaban J connectivity index is 1.86. The van der Waals surface area contributed by atoms with Gasteiger partial charge >= 0.3 is 0 Å². The molecule has 1 aromatic heterocycles. The zero-order chi connectivity index (χ0) is 14.8. The van der Waals surface area contributed by atoms with E-state index in [1.54, 1.807) is 6.20 Å². The minimum absolute atomic E-state index is 0.351. The Labute approximate surface area is 124 Å². The second kappa shape index (κ2) is 5.70. The van der Waals surface area contributed by atoms with Gasteiger partial charge < -0.3 is 9.67 Å². The summed E-state index contributed by atoms with van der Waals surface area (Å²) in [5, 5.41) is 12.9. The van der Waals surface area contributed by atoms with E-state index in [0.29, 0.717) is 12.5 Å². The van der Waals surface area contributed by atoms with Gasteiger partial charge in [-0.25, -0.2) is 4.98 Å². The maximum absolute atomic E-state index is 10.5. The summed E-state index contributed by atoms with van der Waals surface area (Å²) < 4.78 is 2.03. The lowest BCUT2D eigenvalue weighted by Gasteiger charge is -2.16. The van der Waals surface area contributed by atoms with Crippen molar-refractivity contribution in [1.29, 1.82) is 0 Å². The number of fused-ring (bicyclic) bond motifs is 1. The van der Waals surface area contributed by atoms with Gasteiger partial charge in [0, 0.05) is 18.3 Å². The molecule has 0 bridgehead atoms. The van der Waals surface area contributed by atoms with Gasteiger partial charge in [0.15, 0.2) is 0 Å². The number of benzene rings is 2. The van der Waals surface area contributed by atoms with Crippen LogP contribution in [0.15, 0.2) is 54.9 Å². The van der Waals surface area contributed by atoms with E-state index in [1.807, 2.05) is 29.0 Å². The maximum Gasteiger partial charge on any atom is 0.111 e. The lowest BCUT2D eigenvalue weighted by atomic mass is 10.0. The Hall–Kier alpha value is -2.13.